The molecule has 0 spiro atoms. The van der Waals surface area contributed by atoms with E-state index in [-0.39, 0.29) is 35.6 Å². The zero-order valence-corrected chi connectivity index (χ0v) is 16.9. The van der Waals surface area contributed by atoms with E-state index in [1.165, 1.54) is 0 Å². The Morgan fingerprint density at radius 2 is 1.52 bits per heavy atom. The van der Waals surface area contributed by atoms with Gasteiger partial charge in [0.25, 0.3) is 0 Å². The molecule has 0 N–H and O–H groups in total. The van der Waals surface area contributed by atoms with Gasteiger partial charge in [0, 0.05) is 46.7 Å². The van der Waals surface area contributed by atoms with Gasteiger partial charge < -0.3 is 0 Å². The molecule has 0 saturated heterocycles. The molecule has 0 saturated carbocycles. The lowest BCUT2D eigenvalue weighted by atomic mass is 9.67. The molecule has 3 rings (SSSR count). The van der Waals surface area contributed by atoms with Crippen molar-refractivity contribution in [3.63, 3.8) is 0 Å². The summed E-state index contributed by atoms with van der Waals surface area (Å²) in [6, 6.07) is 7.75. The highest BCUT2D eigenvalue weighted by atomic mass is 16.1. The van der Waals surface area contributed by atoms with Crippen LogP contribution < -0.4 is 0 Å². The average molecular weight is 367 g/mol. The zero-order valence-electron chi connectivity index (χ0n) is 16.9. The van der Waals surface area contributed by atoms with Crippen LogP contribution in [0.25, 0.3) is 0 Å². The summed E-state index contributed by atoms with van der Waals surface area (Å²) in [7, 11) is 0. The molecule has 27 heavy (non-hydrogen) atoms. The molecular formula is C23H29NO3. The van der Waals surface area contributed by atoms with Crippen LogP contribution in [0.2, 0.25) is 0 Å². The molecule has 4 heteroatoms. The van der Waals surface area contributed by atoms with Gasteiger partial charge in [0.1, 0.15) is 5.78 Å². The van der Waals surface area contributed by atoms with Crippen LogP contribution in [0, 0.1) is 11.8 Å². The highest BCUT2D eigenvalue weighted by molar-refractivity contribution is 6.28. The maximum Gasteiger partial charge on any atom is 0.190 e. The number of hydrogen-bond acceptors (Lipinski definition) is 4. The number of carbonyl (C=O) groups is 3. The van der Waals surface area contributed by atoms with Crippen LogP contribution in [-0.2, 0) is 4.79 Å². The van der Waals surface area contributed by atoms with Crippen molar-refractivity contribution in [3.05, 3.63) is 46.5 Å². The first kappa shape index (κ1) is 19.7. The van der Waals surface area contributed by atoms with E-state index >= 15 is 0 Å². The highest BCUT2D eigenvalue weighted by Gasteiger charge is 2.43. The van der Waals surface area contributed by atoms with E-state index in [0.29, 0.717) is 40.8 Å². The first-order valence-electron chi connectivity index (χ1n) is 9.94. The monoisotopic (exact) mass is 367 g/mol. The lowest BCUT2D eigenvalue weighted by molar-refractivity contribution is -0.123. The van der Waals surface area contributed by atoms with Gasteiger partial charge in [-0.25, -0.2) is 0 Å². The molecule has 0 fully saturated rings. The normalized spacial score (nSPS) is 22.7. The highest BCUT2D eigenvalue weighted by Crippen LogP contribution is 2.41. The summed E-state index contributed by atoms with van der Waals surface area (Å²) in [6.07, 6.45) is 0.799. The van der Waals surface area contributed by atoms with E-state index in [9.17, 15) is 14.4 Å². The fourth-order valence-electron chi connectivity index (χ4n) is 4.62. The van der Waals surface area contributed by atoms with Crippen LogP contribution in [0.1, 0.15) is 68.2 Å². The van der Waals surface area contributed by atoms with E-state index in [2.05, 4.69) is 32.6 Å². The molecular weight excluding hydrogens is 338 g/mol. The second-order valence-corrected chi connectivity index (χ2v) is 8.35. The lowest BCUT2D eigenvalue weighted by Gasteiger charge is -2.37. The summed E-state index contributed by atoms with van der Waals surface area (Å²) in [5.41, 5.74) is 1.96. The fourth-order valence-corrected chi connectivity index (χ4v) is 4.62. The standard InChI is InChI=1S/C23H29NO3/c1-13(2)24(14(3)4)11-10-16-15(5)20(25)12-19-21(16)23(27)18-9-7-6-8-17(18)22(19)26/h6-9,13-16H,10-12H2,1-5H3. The van der Waals surface area contributed by atoms with Gasteiger partial charge in [-0.3, -0.25) is 19.3 Å². The Morgan fingerprint density at radius 1 is 0.963 bits per heavy atom. The minimum Gasteiger partial charge on any atom is -0.299 e. The Balaban J connectivity index is 1.98. The molecule has 2 atom stereocenters. The molecule has 2 aliphatic rings. The molecule has 0 aliphatic heterocycles. The lowest BCUT2D eigenvalue weighted by Crippen LogP contribution is -2.42. The Hall–Kier alpha value is -2.07. The Labute approximate surface area is 161 Å². The summed E-state index contributed by atoms with van der Waals surface area (Å²) < 4.78 is 0. The third-order valence-corrected chi connectivity index (χ3v) is 6.12. The Kier molecular flexibility index (Phi) is 5.48. The van der Waals surface area contributed by atoms with Crippen LogP contribution in [0.15, 0.2) is 35.4 Å². The van der Waals surface area contributed by atoms with Crippen molar-refractivity contribution in [1.82, 2.24) is 4.90 Å². The van der Waals surface area contributed by atoms with E-state index < -0.39 is 0 Å². The predicted molar refractivity (Wildman–Crippen MR) is 106 cm³/mol. The SMILES string of the molecule is CC1C(=O)CC2=C(C(=O)c3ccccc3C2=O)C1CCN(C(C)C)C(C)C. The second-order valence-electron chi connectivity index (χ2n) is 8.35. The molecule has 2 aliphatic carbocycles. The number of ketones is 3. The fraction of sp³-hybridized carbons (Fsp3) is 0.522. The van der Waals surface area contributed by atoms with Gasteiger partial charge in [0.2, 0.25) is 0 Å². The first-order valence-corrected chi connectivity index (χ1v) is 9.94. The molecule has 0 radical (unpaired) electrons. The summed E-state index contributed by atoms with van der Waals surface area (Å²) in [4.78, 5) is 41.2. The molecule has 0 aromatic heterocycles. The maximum atomic E-state index is 13.2. The number of Topliss-reactive ketones (excluding diaryl/α,β-unsaturated/α-hetero) is 3. The Bertz CT molecular complexity index is 811. The molecule has 0 amide bonds. The third-order valence-electron chi connectivity index (χ3n) is 6.12. The largest absolute Gasteiger partial charge is 0.299 e. The zero-order chi connectivity index (χ0) is 19.9. The van der Waals surface area contributed by atoms with Crippen LogP contribution >= 0.6 is 0 Å². The van der Waals surface area contributed by atoms with Gasteiger partial charge in [-0.1, -0.05) is 31.2 Å². The van der Waals surface area contributed by atoms with E-state index in [4.69, 9.17) is 0 Å². The van der Waals surface area contributed by atoms with Crippen molar-refractivity contribution < 1.29 is 14.4 Å². The van der Waals surface area contributed by atoms with Crippen LogP contribution in [0.5, 0.6) is 0 Å². The number of benzene rings is 1. The van der Waals surface area contributed by atoms with E-state index in [0.717, 1.165) is 6.54 Å². The molecule has 1 aromatic rings. The number of hydrogen-bond donors (Lipinski definition) is 0. The molecule has 1 aromatic carbocycles. The van der Waals surface area contributed by atoms with Crippen molar-refractivity contribution >= 4 is 17.3 Å². The molecule has 0 heterocycles. The minimum atomic E-state index is -0.230. The van der Waals surface area contributed by atoms with Crippen LogP contribution in [0.3, 0.4) is 0 Å². The smallest absolute Gasteiger partial charge is 0.190 e. The van der Waals surface area contributed by atoms with Crippen molar-refractivity contribution in [2.75, 3.05) is 6.54 Å². The maximum absolute atomic E-state index is 13.2. The van der Waals surface area contributed by atoms with Crippen LogP contribution in [-0.4, -0.2) is 40.9 Å². The molecule has 144 valence electrons. The van der Waals surface area contributed by atoms with Gasteiger partial charge in [-0.15, -0.1) is 0 Å². The average Bonchev–Trinajstić information content (AvgIpc) is 2.62. The summed E-state index contributed by atoms with van der Waals surface area (Å²) >= 11 is 0. The number of carbonyl (C=O) groups excluding carboxylic acids is 3. The number of allylic oxidation sites excluding steroid dienone is 2. The third kappa shape index (κ3) is 3.43. The van der Waals surface area contributed by atoms with Crippen molar-refractivity contribution in [2.24, 2.45) is 11.8 Å². The second kappa shape index (κ2) is 7.51. The number of fused-ring (bicyclic) bond motifs is 1. The van der Waals surface area contributed by atoms with Gasteiger partial charge in [-0.2, -0.15) is 0 Å². The Morgan fingerprint density at radius 3 is 2.07 bits per heavy atom. The van der Waals surface area contributed by atoms with Crippen molar-refractivity contribution in [1.29, 1.82) is 0 Å². The van der Waals surface area contributed by atoms with Crippen LogP contribution in [0.4, 0.5) is 0 Å². The van der Waals surface area contributed by atoms with Gasteiger partial charge in [0.05, 0.1) is 0 Å². The van der Waals surface area contributed by atoms with Gasteiger partial charge in [0.15, 0.2) is 11.6 Å². The molecule has 4 nitrogen and oxygen atoms in total. The topological polar surface area (TPSA) is 54.5 Å². The summed E-state index contributed by atoms with van der Waals surface area (Å²) in [6.45, 7) is 11.3. The quantitative estimate of drug-likeness (QED) is 0.786. The summed E-state index contributed by atoms with van der Waals surface area (Å²) in [5.74, 6) is -0.557. The van der Waals surface area contributed by atoms with Gasteiger partial charge >= 0.3 is 0 Å². The molecule has 2 unspecified atom stereocenters. The first-order chi connectivity index (χ1) is 12.7. The van der Waals surface area contributed by atoms with Crippen molar-refractivity contribution in [3.8, 4) is 0 Å². The minimum absolute atomic E-state index is 0.0646. The van der Waals surface area contributed by atoms with Gasteiger partial charge in [-0.05, 0) is 46.6 Å². The molecule has 0 bridgehead atoms. The number of rotatable bonds is 5. The number of nitrogens with zero attached hydrogens (tertiary/aromatic N) is 1. The van der Waals surface area contributed by atoms with Crippen molar-refractivity contribution in [2.45, 2.75) is 59.5 Å². The van der Waals surface area contributed by atoms with E-state index in [1.54, 1.807) is 24.3 Å². The van der Waals surface area contributed by atoms with E-state index in [1.807, 2.05) is 6.92 Å². The predicted octanol–water partition coefficient (Wildman–Crippen LogP) is 4.10. The summed E-state index contributed by atoms with van der Waals surface area (Å²) in [5, 5.41) is 0.